The Kier molecular flexibility index (Phi) is 3.16. The maximum absolute atomic E-state index is 5.62. The molecule has 66 valence electrons. The van der Waals surface area contributed by atoms with Gasteiger partial charge in [0.15, 0.2) is 0 Å². The molecule has 1 rings (SSSR count). The number of ether oxygens (including phenoxy) is 1. The third kappa shape index (κ3) is 2.32. The molecule has 0 aromatic heterocycles. The maximum Gasteiger partial charge on any atom is 0.0572 e. The molecule has 0 bridgehead atoms. The average Bonchev–Trinajstić information content (AvgIpc) is 2.06. The molecular weight excluding hydrogens is 162 g/mol. The minimum atomic E-state index is 0.136. The zero-order valence-corrected chi connectivity index (χ0v) is 7.95. The van der Waals surface area contributed by atoms with Crippen LogP contribution >= 0.6 is 11.8 Å². The largest absolute Gasteiger partial charge is 0.381 e. The molecule has 1 fully saturated rings. The van der Waals surface area contributed by atoms with Gasteiger partial charge in [-0.25, -0.2) is 4.84 Å². The summed E-state index contributed by atoms with van der Waals surface area (Å²) in [6.45, 7) is 2.16. The Labute approximate surface area is 73.4 Å². The standard InChI is InChI=1S/C8H16ClNO/c1-8(10-9)5-3-7(11-2)4-6-8/h7,10H,3-6H2,1-2H3. The Bertz CT molecular complexity index is 121. The molecule has 11 heavy (non-hydrogen) atoms. The van der Waals surface area contributed by atoms with Gasteiger partial charge in [0.05, 0.1) is 6.10 Å². The lowest BCUT2D eigenvalue weighted by molar-refractivity contribution is 0.0502. The summed E-state index contributed by atoms with van der Waals surface area (Å²) in [5.74, 6) is 0. The van der Waals surface area contributed by atoms with Gasteiger partial charge < -0.3 is 4.74 Å². The lowest BCUT2D eigenvalue weighted by atomic mass is 9.83. The first kappa shape index (κ1) is 9.30. The van der Waals surface area contributed by atoms with E-state index in [-0.39, 0.29) is 5.54 Å². The van der Waals surface area contributed by atoms with E-state index in [4.69, 9.17) is 16.5 Å². The molecule has 0 aromatic rings. The fourth-order valence-electron chi connectivity index (χ4n) is 1.56. The molecule has 1 aliphatic carbocycles. The second-order valence-corrected chi connectivity index (χ2v) is 3.78. The number of rotatable bonds is 2. The number of nitrogens with one attached hydrogen (secondary N) is 1. The van der Waals surface area contributed by atoms with Crippen LogP contribution in [0.5, 0.6) is 0 Å². The topological polar surface area (TPSA) is 21.3 Å². The van der Waals surface area contributed by atoms with Gasteiger partial charge in [0.25, 0.3) is 0 Å². The molecule has 2 nitrogen and oxygen atoms in total. The van der Waals surface area contributed by atoms with Gasteiger partial charge in [-0.05, 0) is 44.4 Å². The van der Waals surface area contributed by atoms with E-state index in [0.717, 1.165) is 25.7 Å². The Morgan fingerprint density at radius 3 is 2.36 bits per heavy atom. The van der Waals surface area contributed by atoms with E-state index < -0.39 is 0 Å². The Balaban J connectivity index is 2.35. The van der Waals surface area contributed by atoms with Gasteiger partial charge in [-0.3, -0.25) is 0 Å². The second-order valence-electron chi connectivity index (χ2n) is 3.59. The molecule has 0 aliphatic heterocycles. The predicted molar refractivity (Wildman–Crippen MR) is 46.7 cm³/mol. The summed E-state index contributed by atoms with van der Waals surface area (Å²) < 4.78 is 5.26. The van der Waals surface area contributed by atoms with Gasteiger partial charge in [0.2, 0.25) is 0 Å². The van der Waals surface area contributed by atoms with Crippen LogP contribution in [-0.2, 0) is 4.74 Å². The van der Waals surface area contributed by atoms with Crippen molar-refractivity contribution in [3.05, 3.63) is 0 Å². The third-order valence-electron chi connectivity index (χ3n) is 2.60. The molecule has 0 radical (unpaired) electrons. The molecule has 0 spiro atoms. The van der Waals surface area contributed by atoms with Crippen molar-refractivity contribution in [2.24, 2.45) is 0 Å². The quantitative estimate of drug-likeness (QED) is 0.653. The van der Waals surface area contributed by atoms with Gasteiger partial charge in [0, 0.05) is 12.6 Å². The first-order valence-corrected chi connectivity index (χ1v) is 4.48. The number of methoxy groups -OCH3 is 1. The molecule has 0 heterocycles. The van der Waals surface area contributed by atoms with Crippen molar-refractivity contribution >= 4 is 11.8 Å². The average molecular weight is 178 g/mol. The number of hydrogen-bond acceptors (Lipinski definition) is 2. The van der Waals surface area contributed by atoms with Crippen molar-refractivity contribution in [1.82, 2.24) is 4.84 Å². The van der Waals surface area contributed by atoms with E-state index in [1.165, 1.54) is 0 Å². The van der Waals surface area contributed by atoms with Crippen molar-refractivity contribution in [2.75, 3.05) is 7.11 Å². The van der Waals surface area contributed by atoms with E-state index in [1.54, 1.807) is 7.11 Å². The molecule has 0 aromatic carbocycles. The third-order valence-corrected chi connectivity index (χ3v) is 3.05. The highest BCUT2D eigenvalue weighted by atomic mass is 35.5. The lowest BCUT2D eigenvalue weighted by Gasteiger charge is -2.35. The molecule has 0 amide bonds. The summed E-state index contributed by atoms with van der Waals surface area (Å²) in [5, 5.41) is 0. The normalized spacial score (nSPS) is 39.0. The van der Waals surface area contributed by atoms with Crippen molar-refractivity contribution in [1.29, 1.82) is 0 Å². The van der Waals surface area contributed by atoms with Crippen LogP contribution in [0.2, 0.25) is 0 Å². The zero-order valence-electron chi connectivity index (χ0n) is 7.19. The predicted octanol–water partition coefficient (Wildman–Crippen LogP) is 2.08. The molecule has 0 unspecified atom stereocenters. The minimum Gasteiger partial charge on any atom is -0.381 e. The fourth-order valence-corrected chi connectivity index (χ4v) is 1.75. The summed E-state index contributed by atoms with van der Waals surface area (Å²) >= 11 is 5.62. The molecular formula is C8H16ClNO. The van der Waals surface area contributed by atoms with Crippen molar-refractivity contribution < 1.29 is 4.74 Å². The van der Waals surface area contributed by atoms with Crippen LogP contribution in [0.3, 0.4) is 0 Å². The van der Waals surface area contributed by atoms with Gasteiger partial charge in [0.1, 0.15) is 0 Å². The summed E-state index contributed by atoms with van der Waals surface area (Å²) in [5.41, 5.74) is 0.136. The highest BCUT2D eigenvalue weighted by Gasteiger charge is 2.29. The van der Waals surface area contributed by atoms with E-state index in [1.807, 2.05) is 0 Å². The van der Waals surface area contributed by atoms with Crippen molar-refractivity contribution in [2.45, 2.75) is 44.2 Å². The highest BCUT2D eigenvalue weighted by Crippen LogP contribution is 2.29. The summed E-state index contributed by atoms with van der Waals surface area (Å²) in [6.07, 6.45) is 4.90. The van der Waals surface area contributed by atoms with E-state index >= 15 is 0 Å². The van der Waals surface area contributed by atoms with Gasteiger partial charge in [-0.1, -0.05) is 0 Å². The Morgan fingerprint density at radius 1 is 1.45 bits per heavy atom. The van der Waals surface area contributed by atoms with Gasteiger partial charge >= 0.3 is 0 Å². The number of hydrogen-bond donors (Lipinski definition) is 1. The van der Waals surface area contributed by atoms with Gasteiger partial charge in [-0.15, -0.1) is 0 Å². The van der Waals surface area contributed by atoms with Gasteiger partial charge in [-0.2, -0.15) is 0 Å². The minimum absolute atomic E-state index is 0.136. The van der Waals surface area contributed by atoms with Crippen LogP contribution in [-0.4, -0.2) is 18.8 Å². The molecule has 0 saturated heterocycles. The monoisotopic (exact) mass is 177 g/mol. The molecule has 1 saturated carbocycles. The van der Waals surface area contributed by atoms with Crippen LogP contribution in [0.4, 0.5) is 0 Å². The highest BCUT2D eigenvalue weighted by molar-refractivity contribution is 6.13. The summed E-state index contributed by atoms with van der Waals surface area (Å²) in [6, 6.07) is 0. The Morgan fingerprint density at radius 2 is 2.00 bits per heavy atom. The van der Waals surface area contributed by atoms with Crippen molar-refractivity contribution in [3.8, 4) is 0 Å². The van der Waals surface area contributed by atoms with Crippen LogP contribution in [0.15, 0.2) is 0 Å². The summed E-state index contributed by atoms with van der Waals surface area (Å²) in [4.78, 5) is 2.84. The van der Waals surface area contributed by atoms with Crippen LogP contribution < -0.4 is 4.84 Å². The SMILES string of the molecule is COC1CCC(C)(NCl)CC1. The van der Waals surface area contributed by atoms with Crippen LogP contribution in [0, 0.1) is 0 Å². The first-order valence-electron chi connectivity index (χ1n) is 4.11. The van der Waals surface area contributed by atoms with Crippen molar-refractivity contribution in [3.63, 3.8) is 0 Å². The Hall–Kier alpha value is 0.210. The molecule has 0 atom stereocenters. The molecule has 3 heteroatoms. The van der Waals surface area contributed by atoms with E-state index in [0.29, 0.717) is 6.10 Å². The number of halogens is 1. The molecule has 1 N–H and O–H groups in total. The zero-order chi connectivity index (χ0) is 8.32. The van der Waals surface area contributed by atoms with Crippen LogP contribution in [0.1, 0.15) is 32.6 Å². The van der Waals surface area contributed by atoms with E-state index in [2.05, 4.69) is 11.8 Å². The van der Waals surface area contributed by atoms with E-state index in [9.17, 15) is 0 Å². The lowest BCUT2D eigenvalue weighted by Crippen LogP contribution is -2.41. The second kappa shape index (κ2) is 3.74. The maximum atomic E-state index is 5.62. The fraction of sp³-hybridized carbons (Fsp3) is 1.00. The summed E-state index contributed by atoms with van der Waals surface area (Å²) in [7, 11) is 1.78. The molecule has 1 aliphatic rings. The smallest absolute Gasteiger partial charge is 0.0572 e. The van der Waals surface area contributed by atoms with Crippen LogP contribution in [0.25, 0.3) is 0 Å². The first-order chi connectivity index (χ1) is 5.20.